The van der Waals surface area contributed by atoms with Crippen LogP contribution in [0.3, 0.4) is 0 Å². The van der Waals surface area contributed by atoms with Crippen LogP contribution in [0.4, 0.5) is 0 Å². The molecule has 0 aliphatic rings. The monoisotopic (exact) mass is 306 g/mol. The molecule has 104 valence electrons. The Hall–Kier alpha value is -1.31. The molecule has 2 aromatic rings. The second kappa shape index (κ2) is 7.47. The van der Waals surface area contributed by atoms with Crippen molar-refractivity contribution in [3.05, 3.63) is 69.7 Å². The largest absolute Gasteiger partial charge is 0.300 e. The van der Waals surface area contributed by atoms with Crippen molar-refractivity contribution < 1.29 is 4.79 Å². The number of hydrogen-bond acceptors (Lipinski definition) is 1. The lowest BCUT2D eigenvalue weighted by atomic mass is 10.0. The first kappa shape index (κ1) is 15.1. The van der Waals surface area contributed by atoms with Gasteiger partial charge in [0.15, 0.2) is 0 Å². The van der Waals surface area contributed by atoms with Gasteiger partial charge in [-0.3, -0.25) is 4.79 Å². The predicted molar refractivity (Wildman–Crippen MR) is 84.6 cm³/mol. The molecular formula is C17H16Cl2O. The minimum atomic E-state index is 0.268. The van der Waals surface area contributed by atoms with Gasteiger partial charge in [-0.1, -0.05) is 47.5 Å². The average molecular weight is 307 g/mol. The van der Waals surface area contributed by atoms with Crippen LogP contribution in [-0.4, -0.2) is 5.78 Å². The Morgan fingerprint density at radius 3 is 1.65 bits per heavy atom. The summed E-state index contributed by atoms with van der Waals surface area (Å²) in [5, 5.41) is 1.43. The van der Waals surface area contributed by atoms with E-state index in [0.717, 1.165) is 24.0 Å². The van der Waals surface area contributed by atoms with Gasteiger partial charge in [-0.05, 0) is 48.2 Å². The maximum absolute atomic E-state index is 11.9. The lowest BCUT2D eigenvalue weighted by Crippen LogP contribution is -2.02. The number of ketones is 1. The number of benzene rings is 2. The molecule has 0 aliphatic carbocycles. The smallest absolute Gasteiger partial charge is 0.133 e. The molecule has 0 atom stereocenters. The molecule has 2 rings (SSSR count). The summed E-state index contributed by atoms with van der Waals surface area (Å²) >= 11 is 11.8. The van der Waals surface area contributed by atoms with Gasteiger partial charge in [0.05, 0.1) is 0 Å². The van der Waals surface area contributed by atoms with E-state index in [1.165, 1.54) is 0 Å². The first-order valence-electron chi connectivity index (χ1n) is 6.64. The summed E-state index contributed by atoms with van der Waals surface area (Å²) in [5.41, 5.74) is 2.21. The number of Topliss-reactive ketones (excluding diaryl/α,β-unsaturated/α-hetero) is 1. The van der Waals surface area contributed by atoms with Crippen LogP contribution < -0.4 is 0 Å². The average Bonchev–Trinajstić information content (AvgIpc) is 2.43. The van der Waals surface area contributed by atoms with Crippen molar-refractivity contribution >= 4 is 29.0 Å². The second-order valence-corrected chi connectivity index (χ2v) is 5.67. The molecule has 0 heterocycles. The van der Waals surface area contributed by atoms with Crippen molar-refractivity contribution in [3.63, 3.8) is 0 Å². The Morgan fingerprint density at radius 2 is 1.25 bits per heavy atom. The third-order valence-corrected chi connectivity index (χ3v) is 3.63. The Bertz CT molecular complexity index is 542. The molecule has 0 bridgehead atoms. The standard InChI is InChI=1S/C17H16Cl2O/c18-15-5-1-3-13(11-15)7-9-17(20)10-8-14-4-2-6-16(19)12-14/h1-6,11-12H,7-10H2. The van der Waals surface area contributed by atoms with E-state index in [4.69, 9.17) is 23.2 Å². The fourth-order valence-corrected chi connectivity index (χ4v) is 2.50. The molecule has 0 spiro atoms. The molecule has 0 fully saturated rings. The van der Waals surface area contributed by atoms with E-state index in [2.05, 4.69) is 0 Å². The third-order valence-electron chi connectivity index (χ3n) is 3.16. The molecule has 0 saturated carbocycles. The maximum atomic E-state index is 11.9. The number of aryl methyl sites for hydroxylation is 2. The van der Waals surface area contributed by atoms with Gasteiger partial charge in [0.25, 0.3) is 0 Å². The van der Waals surface area contributed by atoms with Crippen molar-refractivity contribution in [2.45, 2.75) is 25.7 Å². The van der Waals surface area contributed by atoms with Crippen LogP contribution in [0, 0.1) is 0 Å². The zero-order valence-corrected chi connectivity index (χ0v) is 12.6. The van der Waals surface area contributed by atoms with Gasteiger partial charge in [-0.2, -0.15) is 0 Å². The summed E-state index contributed by atoms with van der Waals surface area (Å²) in [6.45, 7) is 0. The van der Waals surface area contributed by atoms with Crippen molar-refractivity contribution in [1.29, 1.82) is 0 Å². The fourth-order valence-electron chi connectivity index (χ4n) is 2.08. The van der Waals surface area contributed by atoms with Crippen LogP contribution >= 0.6 is 23.2 Å². The molecular weight excluding hydrogens is 291 g/mol. The summed E-state index contributed by atoms with van der Waals surface area (Å²) in [6, 6.07) is 15.3. The molecule has 0 unspecified atom stereocenters. The number of carbonyl (C=O) groups excluding carboxylic acids is 1. The van der Waals surface area contributed by atoms with Crippen LogP contribution in [0.25, 0.3) is 0 Å². The second-order valence-electron chi connectivity index (χ2n) is 4.80. The van der Waals surface area contributed by atoms with E-state index in [-0.39, 0.29) is 5.78 Å². The lowest BCUT2D eigenvalue weighted by molar-refractivity contribution is -0.119. The minimum absolute atomic E-state index is 0.268. The highest BCUT2D eigenvalue weighted by Gasteiger charge is 2.04. The highest BCUT2D eigenvalue weighted by Crippen LogP contribution is 2.15. The Balaban J connectivity index is 1.78. The van der Waals surface area contributed by atoms with Crippen LogP contribution in [0.15, 0.2) is 48.5 Å². The van der Waals surface area contributed by atoms with Gasteiger partial charge in [-0.25, -0.2) is 0 Å². The van der Waals surface area contributed by atoms with E-state index >= 15 is 0 Å². The topological polar surface area (TPSA) is 17.1 Å². The summed E-state index contributed by atoms with van der Waals surface area (Å²) in [4.78, 5) is 11.9. The van der Waals surface area contributed by atoms with E-state index in [1.54, 1.807) is 0 Å². The summed E-state index contributed by atoms with van der Waals surface area (Å²) in [6.07, 6.45) is 2.60. The van der Waals surface area contributed by atoms with Gasteiger partial charge in [0, 0.05) is 22.9 Å². The molecule has 0 radical (unpaired) electrons. The first-order valence-corrected chi connectivity index (χ1v) is 7.39. The van der Waals surface area contributed by atoms with Gasteiger partial charge in [-0.15, -0.1) is 0 Å². The normalized spacial score (nSPS) is 10.5. The first-order chi connectivity index (χ1) is 9.63. The Morgan fingerprint density at radius 1 is 0.800 bits per heavy atom. The SMILES string of the molecule is O=C(CCc1cccc(Cl)c1)CCc1cccc(Cl)c1. The molecule has 0 saturated heterocycles. The minimum Gasteiger partial charge on any atom is -0.300 e. The zero-order chi connectivity index (χ0) is 14.4. The highest BCUT2D eigenvalue weighted by atomic mass is 35.5. The van der Waals surface area contributed by atoms with Gasteiger partial charge < -0.3 is 0 Å². The third kappa shape index (κ3) is 4.99. The summed E-state index contributed by atoms with van der Waals surface area (Å²) in [5.74, 6) is 0.268. The molecule has 20 heavy (non-hydrogen) atoms. The molecule has 1 nitrogen and oxygen atoms in total. The molecule has 0 aliphatic heterocycles. The Kier molecular flexibility index (Phi) is 5.63. The predicted octanol–water partition coefficient (Wildman–Crippen LogP) is 5.13. The van der Waals surface area contributed by atoms with E-state index in [0.29, 0.717) is 22.9 Å². The number of halogens is 2. The van der Waals surface area contributed by atoms with Crippen LogP contribution in [0.5, 0.6) is 0 Å². The van der Waals surface area contributed by atoms with Crippen molar-refractivity contribution in [2.24, 2.45) is 0 Å². The van der Waals surface area contributed by atoms with Crippen LogP contribution in [0.2, 0.25) is 10.0 Å². The molecule has 2 aromatic carbocycles. The number of rotatable bonds is 6. The van der Waals surface area contributed by atoms with Crippen LogP contribution in [0.1, 0.15) is 24.0 Å². The lowest BCUT2D eigenvalue weighted by Gasteiger charge is -2.03. The Labute approximate surface area is 129 Å². The maximum Gasteiger partial charge on any atom is 0.133 e. The van der Waals surface area contributed by atoms with E-state index < -0.39 is 0 Å². The van der Waals surface area contributed by atoms with Gasteiger partial charge >= 0.3 is 0 Å². The molecule has 0 amide bonds. The summed E-state index contributed by atoms with van der Waals surface area (Å²) < 4.78 is 0. The van der Waals surface area contributed by atoms with Crippen molar-refractivity contribution in [1.82, 2.24) is 0 Å². The van der Waals surface area contributed by atoms with Crippen molar-refractivity contribution in [2.75, 3.05) is 0 Å². The van der Waals surface area contributed by atoms with Crippen molar-refractivity contribution in [3.8, 4) is 0 Å². The molecule has 3 heteroatoms. The quantitative estimate of drug-likeness (QED) is 0.723. The highest BCUT2D eigenvalue weighted by molar-refractivity contribution is 6.30. The van der Waals surface area contributed by atoms with Gasteiger partial charge in [0.2, 0.25) is 0 Å². The molecule has 0 aromatic heterocycles. The van der Waals surface area contributed by atoms with Gasteiger partial charge in [0.1, 0.15) is 5.78 Å². The number of hydrogen-bond donors (Lipinski definition) is 0. The summed E-state index contributed by atoms with van der Waals surface area (Å²) in [7, 11) is 0. The van der Waals surface area contributed by atoms with Crippen LogP contribution in [-0.2, 0) is 17.6 Å². The fraction of sp³-hybridized carbons (Fsp3) is 0.235. The van der Waals surface area contributed by atoms with E-state index in [1.807, 2.05) is 48.5 Å². The van der Waals surface area contributed by atoms with E-state index in [9.17, 15) is 4.79 Å². The number of carbonyl (C=O) groups is 1. The molecule has 0 N–H and O–H groups in total. The zero-order valence-electron chi connectivity index (χ0n) is 11.1.